The van der Waals surface area contributed by atoms with E-state index in [2.05, 4.69) is 4.74 Å². The van der Waals surface area contributed by atoms with Gasteiger partial charge in [0.25, 0.3) is 5.91 Å². The standard InChI is InChI=1S/C9H7F4NO2/c1-16-7-5(9(11,12)13)3-2-4(6(7)10)8(14)15/h2-3H,1H3,(H2,14,15). The van der Waals surface area contributed by atoms with Gasteiger partial charge in [0.2, 0.25) is 0 Å². The molecule has 2 N–H and O–H groups in total. The Balaban J connectivity index is 3.47. The summed E-state index contributed by atoms with van der Waals surface area (Å²) in [7, 11) is 0.873. The average molecular weight is 237 g/mol. The van der Waals surface area contributed by atoms with E-state index in [-0.39, 0.29) is 0 Å². The van der Waals surface area contributed by atoms with Gasteiger partial charge in [-0.2, -0.15) is 13.2 Å². The molecule has 0 atom stereocenters. The first kappa shape index (κ1) is 12.3. The molecule has 1 rings (SSSR count). The molecule has 0 saturated carbocycles. The molecule has 0 aliphatic rings. The number of carbonyl (C=O) groups is 1. The third-order valence-electron chi connectivity index (χ3n) is 1.87. The number of methoxy groups -OCH3 is 1. The third kappa shape index (κ3) is 2.07. The summed E-state index contributed by atoms with van der Waals surface area (Å²) in [6.07, 6.45) is -4.76. The Bertz CT molecular complexity index is 428. The van der Waals surface area contributed by atoms with Gasteiger partial charge in [-0.05, 0) is 12.1 Å². The molecule has 16 heavy (non-hydrogen) atoms. The first-order valence-corrected chi connectivity index (χ1v) is 4.02. The van der Waals surface area contributed by atoms with Gasteiger partial charge in [-0.3, -0.25) is 4.79 Å². The zero-order chi connectivity index (χ0) is 12.5. The van der Waals surface area contributed by atoms with Crippen molar-refractivity contribution in [2.75, 3.05) is 7.11 Å². The van der Waals surface area contributed by atoms with Crippen LogP contribution < -0.4 is 10.5 Å². The van der Waals surface area contributed by atoms with Crippen molar-refractivity contribution in [2.24, 2.45) is 5.73 Å². The predicted molar refractivity (Wildman–Crippen MR) is 46.5 cm³/mol. The molecule has 7 heteroatoms. The van der Waals surface area contributed by atoms with E-state index < -0.39 is 34.8 Å². The van der Waals surface area contributed by atoms with E-state index in [4.69, 9.17) is 5.73 Å². The topological polar surface area (TPSA) is 52.3 Å². The number of amides is 1. The van der Waals surface area contributed by atoms with Crippen molar-refractivity contribution in [1.82, 2.24) is 0 Å². The van der Waals surface area contributed by atoms with Gasteiger partial charge in [0.1, 0.15) is 5.56 Å². The van der Waals surface area contributed by atoms with Gasteiger partial charge in [0.15, 0.2) is 11.6 Å². The summed E-state index contributed by atoms with van der Waals surface area (Å²) in [4.78, 5) is 10.7. The maximum atomic E-state index is 13.4. The number of nitrogens with two attached hydrogens (primary N) is 1. The molecule has 0 aromatic heterocycles. The highest BCUT2D eigenvalue weighted by atomic mass is 19.4. The van der Waals surface area contributed by atoms with Crippen LogP contribution in [0.4, 0.5) is 17.6 Å². The maximum Gasteiger partial charge on any atom is 0.420 e. The first-order chi connectivity index (χ1) is 7.29. The number of primary amides is 1. The van der Waals surface area contributed by atoms with Gasteiger partial charge in [0.05, 0.1) is 12.7 Å². The summed E-state index contributed by atoms with van der Waals surface area (Å²) >= 11 is 0. The van der Waals surface area contributed by atoms with E-state index in [1.807, 2.05) is 0 Å². The highest BCUT2D eigenvalue weighted by Gasteiger charge is 2.36. The van der Waals surface area contributed by atoms with Crippen LogP contribution in [0.3, 0.4) is 0 Å². The minimum absolute atomic E-state index is 0.544. The van der Waals surface area contributed by atoms with Crippen LogP contribution in [0.5, 0.6) is 5.75 Å². The second-order valence-corrected chi connectivity index (χ2v) is 2.87. The fourth-order valence-corrected chi connectivity index (χ4v) is 1.17. The number of halogens is 4. The summed E-state index contributed by atoms with van der Waals surface area (Å²) in [5, 5.41) is 0. The highest BCUT2D eigenvalue weighted by Crippen LogP contribution is 2.38. The van der Waals surface area contributed by atoms with Crippen LogP contribution in [0, 0.1) is 5.82 Å². The summed E-state index contributed by atoms with van der Waals surface area (Å²) in [5.74, 6) is -3.61. The molecule has 0 aliphatic heterocycles. The Kier molecular flexibility index (Phi) is 3.06. The Morgan fingerprint density at radius 2 is 1.94 bits per heavy atom. The van der Waals surface area contributed by atoms with Crippen LogP contribution in [0.1, 0.15) is 15.9 Å². The molecule has 0 spiro atoms. The molecule has 0 aliphatic carbocycles. The molecule has 1 aromatic rings. The molecular formula is C9H7F4NO2. The molecule has 88 valence electrons. The molecule has 0 unspecified atom stereocenters. The monoisotopic (exact) mass is 237 g/mol. The van der Waals surface area contributed by atoms with E-state index in [9.17, 15) is 22.4 Å². The van der Waals surface area contributed by atoms with Crippen molar-refractivity contribution in [2.45, 2.75) is 6.18 Å². The van der Waals surface area contributed by atoms with Gasteiger partial charge in [-0.1, -0.05) is 0 Å². The van der Waals surface area contributed by atoms with Crippen LogP contribution in [0.15, 0.2) is 12.1 Å². The third-order valence-corrected chi connectivity index (χ3v) is 1.87. The quantitative estimate of drug-likeness (QED) is 0.799. The molecule has 3 nitrogen and oxygen atoms in total. The fourth-order valence-electron chi connectivity index (χ4n) is 1.17. The van der Waals surface area contributed by atoms with Gasteiger partial charge in [0, 0.05) is 0 Å². The largest absolute Gasteiger partial charge is 0.493 e. The summed E-state index contributed by atoms with van der Waals surface area (Å²) in [6, 6.07) is 1.21. The minimum atomic E-state index is -4.76. The minimum Gasteiger partial charge on any atom is -0.493 e. The van der Waals surface area contributed by atoms with E-state index >= 15 is 0 Å². The van der Waals surface area contributed by atoms with Gasteiger partial charge in [-0.15, -0.1) is 0 Å². The number of hydrogen-bond acceptors (Lipinski definition) is 2. The van der Waals surface area contributed by atoms with Crippen LogP contribution >= 0.6 is 0 Å². The van der Waals surface area contributed by atoms with Crippen molar-refractivity contribution >= 4 is 5.91 Å². The zero-order valence-corrected chi connectivity index (χ0v) is 8.06. The number of hydrogen-bond donors (Lipinski definition) is 1. The van der Waals surface area contributed by atoms with Crippen molar-refractivity contribution < 1.29 is 27.1 Å². The molecule has 1 amide bonds. The van der Waals surface area contributed by atoms with Crippen molar-refractivity contribution in [1.29, 1.82) is 0 Å². The smallest absolute Gasteiger partial charge is 0.420 e. The van der Waals surface area contributed by atoms with E-state index in [1.54, 1.807) is 0 Å². The highest BCUT2D eigenvalue weighted by molar-refractivity contribution is 5.93. The van der Waals surface area contributed by atoms with Crippen molar-refractivity contribution in [3.8, 4) is 5.75 Å². The first-order valence-electron chi connectivity index (χ1n) is 4.02. The van der Waals surface area contributed by atoms with Crippen LogP contribution in [-0.4, -0.2) is 13.0 Å². The van der Waals surface area contributed by atoms with Crippen molar-refractivity contribution in [3.05, 3.63) is 29.1 Å². The Hall–Kier alpha value is -1.79. The lowest BCUT2D eigenvalue weighted by Crippen LogP contribution is -2.16. The number of carbonyl (C=O) groups excluding carboxylic acids is 1. The summed E-state index contributed by atoms with van der Waals surface area (Å²) in [6.45, 7) is 0. The summed E-state index contributed by atoms with van der Waals surface area (Å²) < 4.78 is 54.8. The number of benzene rings is 1. The van der Waals surface area contributed by atoms with Gasteiger partial charge >= 0.3 is 6.18 Å². The number of rotatable bonds is 2. The van der Waals surface area contributed by atoms with Crippen LogP contribution in [0.25, 0.3) is 0 Å². The number of alkyl halides is 3. The molecule has 0 radical (unpaired) electrons. The van der Waals surface area contributed by atoms with Gasteiger partial charge in [-0.25, -0.2) is 4.39 Å². The average Bonchev–Trinajstić information content (AvgIpc) is 2.15. The molecule has 0 bridgehead atoms. The van der Waals surface area contributed by atoms with Crippen LogP contribution in [-0.2, 0) is 6.18 Å². The van der Waals surface area contributed by atoms with E-state index in [1.165, 1.54) is 0 Å². The van der Waals surface area contributed by atoms with Crippen LogP contribution in [0.2, 0.25) is 0 Å². The predicted octanol–water partition coefficient (Wildman–Crippen LogP) is 1.95. The lowest BCUT2D eigenvalue weighted by atomic mass is 10.1. The second-order valence-electron chi connectivity index (χ2n) is 2.87. The Morgan fingerprint density at radius 3 is 2.31 bits per heavy atom. The lowest BCUT2D eigenvalue weighted by Gasteiger charge is -2.13. The summed E-state index contributed by atoms with van der Waals surface area (Å²) in [5.41, 5.74) is 2.84. The molecule has 0 heterocycles. The maximum absolute atomic E-state index is 13.4. The van der Waals surface area contributed by atoms with Crippen molar-refractivity contribution in [3.63, 3.8) is 0 Å². The lowest BCUT2D eigenvalue weighted by molar-refractivity contribution is -0.139. The van der Waals surface area contributed by atoms with E-state index in [0.717, 1.165) is 7.11 Å². The number of ether oxygens (including phenoxy) is 1. The Labute approximate surface area is 87.8 Å². The van der Waals surface area contributed by atoms with E-state index in [0.29, 0.717) is 12.1 Å². The zero-order valence-electron chi connectivity index (χ0n) is 8.06. The van der Waals surface area contributed by atoms with Gasteiger partial charge < -0.3 is 10.5 Å². The normalized spacial score (nSPS) is 11.3. The Morgan fingerprint density at radius 1 is 1.38 bits per heavy atom. The molecular weight excluding hydrogens is 230 g/mol. The molecule has 0 saturated heterocycles. The second kappa shape index (κ2) is 3.99. The molecule has 0 fully saturated rings. The fraction of sp³-hybridized carbons (Fsp3) is 0.222. The SMILES string of the molecule is COc1c(C(F)(F)F)ccc(C(N)=O)c1F. The molecule has 1 aromatic carbocycles.